The zero-order chi connectivity index (χ0) is 9.23. The highest BCUT2D eigenvalue weighted by Crippen LogP contribution is 1.93. The lowest BCUT2D eigenvalue weighted by Gasteiger charge is -2.04. The molecular weight excluding hydrogens is 158 g/mol. The second-order valence-corrected chi connectivity index (χ2v) is 2.49. The molecular formula is C8H17NO3. The summed E-state index contributed by atoms with van der Waals surface area (Å²) in [5.74, 6) is 0. The van der Waals surface area contributed by atoms with Gasteiger partial charge in [-0.1, -0.05) is 19.8 Å². The van der Waals surface area contributed by atoms with E-state index in [0.717, 1.165) is 19.3 Å². The van der Waals surface area contributed by atoms with Crippen molar-refractivity contribution in [2.45, 2.75) is 26.2 Å². The normalized spacial score (nSPS) is 9.50. The molecule has 0 radical (unpaired) electrons. The van der Waals surface area contributed by atoms with E-state index in [9.17, 15) is 4.79 Å². The van der Waals surface area contributed by atoms with Gasteiger partial charge in [0.2, 0.25) is 0 Å². The Labute approximate surface area is 72.9 Å². The number of aliphatic hydroxyl groups is 1. The van der Waals surface area contributed by atoms with Crippen LogP contribution < -0.4 is 5.32 Å². The van der Waals surface area contributed by atoms with Gasteiger partial charge in [-0.25, -0.2) is 4.79 Å². The molecule has 0 spiro atoms. The second-order valence-electron chi connectivity index (χ2n) is 2.49. The Bertz CT molecular complexity index is 117. The van der Waals surface area contributed by atoms with Crippen molar-refractivity contribution in [1.29, 1.82) is 0 Å². The summed E-state index contributed by atoms with van der Waals surface area (Å²) < 4.78 is 4.78. The summed E-state index contributed by atoms with van der Waals surface area (Å²) in [5.41, 5.74) is 0. The third-order valence-corrected chi connectivity index (χ3v) is 1.36. The summed E-state index contributed by atoms with van der Waals surface area (Å²) in [7, 11) is 0. The first-order valence-electron chi connectivity index (χ1n) is 4.32. The Kier molecular flexibility index (Phi) is 7.79. The van der Waals surface area contributed by atoms with E-state index in [1.54, 1.807) is 0 Å². The van der Waals surface area contributed by atoms with Crippen LogP contribution in [-0.2, 0) is 4.74 Å². The number of unbranched alkanes of at least 4 members (excludes halogenated alkanes) is 2. The topological polar surface area (TPSA) is 58.6 Å². The minimum Gasteiger partial charge on any atom is -0.450 e. The van der Waals surface area contributed by atoms with Gasteiger partial charge in [0, 0.05) is 6.54 Å². The molecule has 0 atom stereocenters. The number of amides is 1. The van der Waals surface area contributed by atoms with E-state index in [4.69, 9.17) is 9.84 Å². The summed E-state index contributed by atoms with van der Waals surface area (Å²) in [6.07, 6.45) is 2.65. The number of aliphatic hydroxyl groups excluding tert-OH is 1. The molecule has 0 aliphatic carbocycles. The molecule has 4 nitrogen and oxygen atoms in total. The molecule has 12 heavy (non-hydrogen) atoms. The summed E-state index contributed by atoms with van der Waals surface area (Å²) in [4.78, 5) is 10.7. The van der Waals surface area contributed by atoms with E-state index in [0.29, 0.717) is 6.61 Å². The zero-order valence-electron chi connectivity index (χ0n) is 7.51. The van der Waals surface area contributed by atoms with Crippen LogP contribution in [0.1, 0.15) is 26.2 Å². The number of rotatable bonds is 6. The monoisotopic (exact) mass is 175 g/mol. The standard InChI is InChI=1S/C8H17NO3/c1-2-3-4-7-12-8(11)9-5-6-10/h10H,2-7H2,1H3,(H,9,11). The highest BCUT2D eigenvalue weighted by molar-refractivity contribution is 5.66. The average Bonchev–Trinajstić information content (AvgIpc) is 2.09. The molecule has 2 N–H and O–H groups in total. The Balaban J connectivity index is 3.08. The van der Waals surface area contributed by atoms with Gasteiger partial charge >= 0.3 is 6.09 Å². The van der Waals surface area contributed by atoms with Crippen molar-refractivity contribution in [2.24, 2.45) is 0 Å². The lowest BCUT2D eigenvalue weighted by Crippen LogP contribution is -2.27. The molecule has 0 heterocycles. The van der Waals surface area contributed by atoms with Gasteiger partial charge in [0.25, 0.3) is 0 Å². The van der Waals surface area contributed by atoms with Crippen molar-refractivity contribution >= 4 is 6.09 Å². The molecule has 0 aliphatic rings. The zero-order valence-corrected chi connectivity index (χ0v) is 7.51. The second kappa shape index (κ2) is 8.33. The number of ether oxygens (including phenoxy) is 1. The molecule has 0 aromatic carbocycles. The van der Waals surface area contributed by atoms with E-state index >= 15 is 0 Å². The van der Waals surface area contributed by atoms with E-state index < -0.39 is 6.09 Å². The van der Waals surface area contributed by atoms with Gasteiger partial charge in [-0.2, -0.15) is 0 Å². The molecule has 0 unspecified atom stereocenters. The maximum atomic E-state index is 10.7. The maximum absolute atomic E-state index is 10.7. The predicted octanol–water partition coefficient (Wildman–Crippen LogP) is 0.895. The first-order valence-corrected chi connectivity index (χ1v) is 4.32. The van der Waals surface area contributed by atoms with Crippen LogP contribution in [0.5, 0.6) is 0 Å². The molecule has 0 aromatic heterocycles. The number of nitrogens with one attached hydrogen (secondary N) is 1. The molecule has 0 rings (SSSR count). The number of hydrogen-bond donors (Lipinski definition) is 2. The van der Waals surface area contributed by atoms with Crippen LogP contribution >= 0.6 is 0 Å². The summed E-state index contributed by atoms with van der Waals surface area (Å²) in [5, 5.41) is 10.8. The minimum absolute atomic E-state index is 0.0515. The summed E-state index contributed by atoms with van der Waals surface area (Å²) in [6, 6.07) is 0. The third-order valence-electron chi connectivity index (χ3n) is 1.36. The fourth-order valence-corrected chi connectivity index (χ4v) is 0.726. The third kappa shape index (κ3) is 7.34. The predicted molar refractivity (Wildman–Crippen MR) is 46.0 cm³/mol. The highest BCUT2D eigenvalue weighted by Gasteiger charge is 1.98. The molecule has 72 valence electrons. The maximum Gasteiger partial charge on any atom is 0.407 e. The number of hydrogen-bond acceptors (Lipinski definition) is 3. The van der Waals surface area contributed by atoms with Crippen LogP contribution in [0, 0.1) is 0 Å². The molecule has 0 saturated carbocycles. The van der Waals surface area contributed by atoms with Gasteiger partial charge in [0.05, 0.1) is 13.2 Å². The van der Waals surface area contributed by atoms with Gasteiger partial charge in [-0.15, -0.1) is 0 Å². The average molecular weight is 175 g/mol. The molecule has 0 bridgehead atoms. The molecule has 0 saturated heterocycles. The van der Waals surface area contributed by atoms with E-state index in [1.807, 2.05) is 0 Å². The first kappa shape index (κ1) is 11.2. The van der Waals surface area contributed by atoms with Gasteiger partial charge in [-0.3, -0.25) is 0 Å². The van der Waals surface area contributed by atoms with Crippen molar-refractivity contribution in [3.8, 4) is 0 Å². The smallest absolute Gasteiger partial charge is 0.407 e. The number of carbonyl (C=O) groups excluding carboxylic acids is 1. The van der Waals surface area contributed by atoms with Crippen molar-refractivity contribution in [2.75, 3.05) is 19.8 Å². The van der Waals surface area contributed by atoms with Crippen LogP contribution in [0.4, 0.5) is 4.79 Å². The van der Waals surface area contributed by atoms with Crippen LogP contribution in [0.2, 0.25) is 0 Å². The van der Waals surface area contributed by atoms with Gasteiger partial charge in [0.15, 0.2) is 0 Å². The first-order chi connectivity index (χ1) is 5.81. The Morgan fingerprint density at radius 3 is 2.83 bits per heavy atom. The van der Waals surface area contributed by atoms with Crippen molar-refractivity contribution < 1.29 is 14.6 Å². The van der Waals surface area contributed by atoms with E-state index in [1.165, 1.54) is 0 Å². The molecule has 4 heteroatoms. The van der Waals surface area contributed by atoms with Crippen LogP contribution in [0.25, 0.3) is 0 Å². The van der Waals surface area contributed by atoms with Gasteiger partial charge < -0.3 is 15.2 Å². The van der Waals surface area contributed by atoms with Crippen LogP contribution in [0.3, 0.4) is 0 Å². The molecule has 0 aliphatic heterocycles. The molecule has 0 fully saturated rings. The van der Waals surface area contributed by atoms with E-state index in [-0.39, 0.29) is 13.2 Å². The minimum atomic E-state index is -0.444. The quantitative estimate of drug-likeness (QED) is 0.589. The lowest BCUT2D eigenvalue weighted by atomic mass is 10.3. The molecule has 0 aromatic rings. The fraction of sp³-hybridized carbons (Fsp3) is 0.875. The van der Waals surface area contributed by atoms with Crippen LogP contribution in [-0.4, -0.2) is 31.0 Å². The largest absolute Gasteiger partial charge is 0.450 e. The van der Waals surface area contributed by atoms with Crippen LogP contribution in [0.15, 0.2) is 0 Å². The Morgan fingerprint density at radius 2 is 2.25 bits per heavy atom. The Hall–Kier alpha value is -0.770. The van der Waals surface area contributed by atoms with Gasteiger partial charge in [0.1, 0.15) is 0 Å². The Morgan fingerprint density at radius 1 is 1.50 bits per heavy atom. The van der Waals surface area contributed by atoms with Crippen molar-refractivity contribution in [1.82, 2.24) is 5.32 Å². The SMILES string of the molecule is CCCCCOC(=O)NCCO. The highest BCUT2D eigenvalue weighted by atomic mass is 16.5. The van der Waals surface area contributed by atoms with Crippen molar-refractivity contribution in [3.05, 3.63) is 0 Å². The van der Waals surface area contributed by atoms with E-state index in [2.05, 4.69) is 12.2 Å². The van der Waals surface area contributed by atoms with Gasteiger partial charge in [-0.05, 0) is 6.42 Å². The number of alkyl carbamates (subject to hydrolysis) is 1. The number of carbonyl (C=O) groups is 1. The summed E-state index contributed by atoms with van der Waals surface area (Å²) >= 11 is 0. The fourth-order valence-electron chi connectivity index (χ4n) is 0.726. The van der Waals surface area contributed by atoms with Crippen molar-refractivity contribution in [3.63, 3.8) is 0 Å². The summed E-state index contributed by atoms with van der Waals surface area (Å²) in [6.45, 7) is 2.76. The lowest BCUT2D eigenvalue weighted by molar-refractivity contribution is 0.141. The molecule has 1 amide bonds.